The van der Waals surface area contributed by atoms with Gasteiger partial charge in [0, 0.05) is 25.6 Å². The van der Waals surface area contributed by atoms with Gasteiger partial charge in [-0.25, -0.2) is 12.8 Å². The van der Waals surface area contributed by atoms with Gasteiger partial charge in [-0.05, 0) is 49.2 Å². The van der Waals surface area contributed by atoms with Crippen molar-refractivity contribution in [3.05, 3.63) is 131 Å². The van der Waals surface area contributed by atoms with Crippen LogP contribution in [0.4, 0.5) is 10.1 Å². The fourth-order valence-electron chi connectivity index (χ4n) is 4.72. The van der Waals surface area contributed by atoms with Crippen molar-refractivity contribution in [1.82, 2.24) is 10.2 Å². The minimum absolute atomic E-state index is 0.0249. The molecule has 4 aromatic carbocycles. The number of carbonyl (C=O) groups is 2. The largest absolute Gasteiger partial charge is 0.357 e. The van der Waals surface area contributed by atoms with Crippen LogP contribution in [0.1, 0.15) is 22.3 Å². The topological polar surface area (TPSA) is 86.8 Å². The van der Waals surface area contributed by atoms with Crippen LogP contribution in [0, 0.1) is 19.7 Å². The Morgan fingerprint density at radius 2 is 1.45 bits per heavy atom. The Bertz CT molecular complexity index is 1640. The van der Waals surface area contributed by atoms with Gasteiger partial charge >= 0.3 is 0 Å². The number of carbonyl (C=O) groups excluding carboxylic acids is 2. The number of para-hydroxylation sites is 1. The number of hydrogen-bond donors (Lipinski definition) is 1. The van der Waals surface area contributed by atoms with E-state index in [1.165, 1.54) is 30.1 Å². The molecule has 0 aromatic heterocycles. The fraction of sp³-hybridized carbons (Fsp3) is 0.212. The summed E-state index contributed by atoms with van der Waals surface area (Å²) >= 11 is 0. The summed E-state index contributed by atoms with van der Waals surface area (Å²) in [5, 5.41) is 2.62. The van der Waals surface area contributed by atoms with E-state index in [-0.39, 0.29) is 23.4 Å². The zero-order valence-electron chi connectivity index (χ0n) is 23.8. The molecule has 0 saturated heterocycles. The van der Waals surface area contributed by atoms with Gasteiger partial charge in [0.2, 0.25) is 11.8 Å². The maximum absolute atomic E-state index is 14.9. The SMILES string of the molecule is CNC(=O)[C@H](Cc1ccccc1)N(Cc1ccccc1F)C(=O)CN(c1ccccc1C)S(=O)(=O)c1ccc(C)cc1. The molecule has 0 saturated carbocycles. The van der Waals surface area contributed by atoms with Crippen LogP contribution in [0.15, 0.2) is 108 Å². The van der Waals surface area contributed by atoms with E-state index in [4.69, 9.17) is 0 Å². The van der Waals surface area contributed by atoms with Gasteiger partial charge in [-0.15, -0.1) is 0 Å². The Kier molecular flexibility index (Phi) is 9.75. The highest BCUT2D eigenvalue weighted by atomic mass is 32.2. The molecule has 0 aliphatic rings. The van der Waals surface area contributed by atoms with Crippen molar-refractivity contribution >= 4 is 27.5 Å². The van der Waals surface area contributed by atoms with Crippen LogP contribution in [-0.2, 0) is 32.6 Å². The number of aryl methyl sites for hydroxylation is 2. The maximum Gasteiger partial charge on any atom is 0.264 e. The predicted molar refractivity (Wildman–Crippen MR) is 162 cm³/mol. The average molecular weight is 588 g/mol. The van der Waals surface area contributed by atoms with Crippen LogP contribution in [0.25, 0.3) is 0 Å². The summed E-state index contributed by atoms with van der Waals surface area (Å²) in [6.07, 6.45) is 0.149. The van der Waals surface area contributed by atoms with E-state index in [1.54, 1.807) is 61.5 Å². The molecule has 0 aliphatic heterocycles. The molecule has 2 amide bonds. The van der Waals surface area contributed by atoms with Crippen molar-refractivity contribution in [2.24, 2.45) is 0 Å². The molecule has 0 bridgehead atoms. The molecule has 0 unspecified atom stereocenters. The number of nitrogens with zero attached hydrogens (tertiary/aromatic N) is 2. The average Bonchev–Trinajstić information content (AvgIpc) is 2.99. The summed E-state index contributed by atoms with van der Waals surface area (Å²) in [7, 11) is -2.74. The van der Waals surface area contributed by atoms with Crippen LogP contribution in [0.2, 0.25) is 0 Å². The van der Waals surface area contributed by atoms with E-state index in [0.29, 0.717) is 11.3 Å². The molecule has 0 radical (unpaired) electrons. The molecule has 4 rings (SSSR count). The van der Waals surface area contributed by atoms with Gasteiger partial charge in [0.05, 0.1) is 10.6 Å². The van der Waals surface area contributed by atoms with Gasteiger partial charge in [-0.1, -0.05) is 84.4 Å². The summed E-state index contributed by atoms with van der Waals surface area (Å²) in [6, 6.07) is 27.4. The Balaban J connectivity index is 1.80. The van der Waals surface area contributed by atoms with Crippen molar-refractivity contribution in [2.45, 2.75) is 37.8 Å². The molecular formula is C33H34FN3O4S. The minimum Gasteiger partial charge on any atom is -0.357 e. The predicted octanol–water partition coefficient (Wildman–Crippen LogP) is 5.02. The van der Waals surface area contributed by atoms with Crippen molar-refractivity contribution < 1.29 is 22.4 Å². The molecule has 0 aliphatic carbocycles. The molecule has 1 N–H and O–H groups in total. The molecular weight excluding hydrogens is 553 g/mol. The highest BCUT2D eigenvalue weighted by Gasteiger charge is 2.35. The molecule has 1 atom stereocenters. The Labute approximate surface area is 246 Å². The summed E-state index contributed by atoms with van der Waals surface area (Å²) in [6.45, 7) is 2.78. The summed E-state index contributed by atoms with van der Waals surface area (Å²) in [5.74, 6) is -1.64. The van der Waals surface area contributed by atoms with E-state index < -0.39 is 40.2 Å². The first-order valence-electron chi connectivity index (χ1n) is 13.5. The lowest BCUT2D eigenvalue weighted by Crippen LogP contribution is -2.53. The first-order valence-corrected chi connectivity index (χ1v) is 15.0. The lowest BCUT2D eigenvalue weighted by molar-refractivity contribution is -0.139. The van der Waals surface area contributed by atoms with Crippen LogP contribution >= 0.6 is 0 Å². The highest BCUT2D eigenvalue weighted by Crippen LogP contribution is 2.28. The van der Waals surface area contributed by atoms with Crippen LogP contribution in [0.5, 0.6) is 0 Å². The normalized spacial score (nSPS) is 11.9. The third-order valence-corrected chi connectivity index (χ3v) is 8.86. The van der Waals surface area contributed by atoms with Gasteiger partial charge in [-0.2, -0.15) is 0 Å². The van der Waals surface area contributed by atoms with E-state index in [2.05, 4.69) is 5.32 Å². The monoisotopic (exact) mass is 587 g/mol. The Hall–Kier alpha value is -4.50. The number of halogens is 1. The Morgan fingerprint density at radius 3 is 2.10 bits per heavy atom. The van der Waals surface area contributed by atoms with Crippen molar-refractivity contribution in [1.29, 1.82) is 0 Å². The third-order valence-electron chi connectivity index (χ3n) is 7.09. The molecule has 0 spiro atoms. The van der Waals surface area contributed by atoms with Gasteiger partial charge in [0.1, 0.15) is 18.4 Å². The number of amides is 2. The molecule has 0 fully saturated rings. The fourth-order valence-corrected chi connectivity index (χ4v) is 6.20. The Morgan fingerprint density at radius 1 is 0.833 bits per heavy atom. The van der Waals surface area contributed by atoms with Crippen molar-refractivity contribution in [2.75, 3.05) is 17.9 Å². The molecule has 7 nitrogen and oxygen atoms in total. The van der Waals surface area contributed by atoms with Gasteiger partial charge in [0.15, 0.2) is 0 Å². The van der Waals surface area contributed by atoms with Gasteiger partial charge in [-0.3, -0.25) is 13.9 Å². The number of anilines is 1. The molecule has 4 aromatic rings. The quantitative estimate of drug-likeness (QED) is 0.267. The molecule has 218 valence electrons. The van der Waals surface area contributed by atoms with E-state index in [0.717, 1.165) is 15.4 Å². The number of rotatable bonds is 11. The number of nitrogens with one attached hydrogen (secondary N) is 1. The lowest BCUT2D eigenvalue weighted by atomic mass is 10.0. The van der Waals surface area contributed by atoms with Crippen molar-refractivity contribution in [3.63, 3.8) is 0 Å². The first kappa shape index (κ1) is 30.5. The van der Waals surface area contributed by atoms with Crippen molar-refractivity contribution in [3.8, 4) is 0 Å². The van der Waals surface area contributed by atoms with Gasteiger partial charge < -0.3 is 10.2 Å². The first-order chi connectivity index (χ1) is 20.1. The van der Waals surface area contributed by atoms with Crippen LogP contribution < -0.4 is 9.62 Å². The molecule has 0 heterocycles. The minimum atomic E-state index is -4.20. The highest BCUT2D eigenvalue weighted by molar-refractivity contribution is 7.92. The summed E-state index contributed by atoms with van der Waals surface area (Å²) in [5.41, 5.74) is 2.86. The second-order valence-corrected chi connectivity index (χ2v) is 11.9. The second kappa shape index (κ2) is 13.4. The zero-order valence-corrected chi connectivity index (χ0v) is 24.6. The number of likely N-dealkylation sites (N-methyl/N-ethyl adjacent to an activating group) is 1. The molecule has 9 heteroatoms. The summed E-state index contributed by atoms with van der Waals surface area (Å²) < 4.78 is 44.0. The number of benzene rings is 4. The lowest BCUT2D eigenvalue weighted by Gasteiger charge is -2.34. The van der Waals surface area contributed by atoms with E-state index in [1.807, 2.05) is 37.3 Å². The number of hydrogen-bond acceptors (Lipinski definition) is 4. The van der Waals surface area contributed by atoms with Crippen LogP contribution in [0.3, 0.4) is 0 Å². The third kappa shape index (κ3) is 7.03. The molecule has 42 heavy (non-hydrogen) atoms. The number of sulfonamides is 1. The standard InChI is InChI=1S/C33H34FN3O4S/c1-24-17-19-28(20-18-24)42(40,41)37(30-16-10-7-11-25(30)2)23-32(38)36(22-27-14-8-9-15-29(27)34)31(33(39)35-3)21-26-12-5-4-6-13-26/h4-20,31H,21-23H2,1-3H3,(H,35,39)/t31-/m0/s1. The van der Waals surface area contributed by atoms with E-state index >= 15 is 0 Å². The summed E-state index contributed by atoms with van der Waals surface area (Å²) in [4.78, 5) is 28.8. The smallest absolute Gasteiger partial charge is 0.264 e. The second-order valence-electron chi connectivity index (χ2n) is 10.0. The van der Waals surface area contributed by atoms with E-state index in [9.17, 15) is 22.4 Å². The zero-order chi connectivity index (χ0) is 30.3. The maximum atomic E-state index is 14.9. The van der Waals surface area contributed by atoms with Gasteiger partial charge in [0.25, 0.3) is 10.0 Å². The van der Waals surface area contributed by atoms with Crippen LogP contribution in [-0.4, -0.2) is 44.8 Å².